The van der Waals surface area contributed by atoms with Gasteiger partial charge in [0.15, 0.2) is 0 Å². The normalized spacial score (nSPS) is 10.4. The highest BCUT2D eigenvalue weighted by molar-refractivity contribution is 9.10. The summed E-state index contributed by atoms with van der Waals surface area (Å²) in [5.74, 6) is 1.61. The molecule has 0 amide bonds. The van der Waals surface area contributed by atoms with Gasteiger partial charge in [-0.1, -0.05) is 33.6 Å². The monoisotopic (exact) mass is 388 g/mol. The molecule has 4 heteroatoms. The highest BCUT2D eigenvalue weighted by atomic mass is 79.9. The van der Waals surface area contributed by atoms with E-state index in [9.17, 15) is 0 Å². The molecule has 0 saturated carbocycles. The van der Waals surface area contributed by atoms with Crippen LogP contribution in [-0.2, 0) is 5.33 Å². The van der Waals surface area contributed by atoms with Crippen molar-refractivity contribution in [1.82, 2.24) is 0 Å². The van der Waals surface area contributed by atoms with Gasteiger partial charge in [-0.15, -0.1) is 0 Å². The molecule has 94 valence electrons. The van der Waals surface area contributed by atoms with Crippen LogP contribution in [0.15, 0.2) is 40.9 Å². The van der Waals surface area contributed by atoms with Crippen molar-refractivity contribution in [2.24, 2.45) is 0 Å². The number of hydrogen-bond donors (Lipinski definition) is 0. The van der Waals surface area contributed by atoms with E-state index >= 15 is 0 Å². The minimum absolute atomic E-state index is 0.716. The molecule has 0 spiro atoms. The van der Waals surface area contributed by atoms with E-state index in [0.717, 1.165) is 26.9 Å². The molecule has 0 aliphatic carbocycles. The van der Waals surface area contributed by atoms with Crippen LogP contribution in [0.5, 0.6) is 11.5 Å². The summed E-state index contributed by atoms with van der Waals surface area (Å²) in [6.45, 7) is 1.97. The minimum atomic E-state index is 0.716. The zero-order chi connectivity index (χ0) is 13.1. The Morgan fingerprint density at radius 3 is 2.44 bits per heavy atom. The number of rotatable bonds is 3. The molecule has 2 aromatic carbocycles. The third-order valence-electron chi connectivity index (χ3n) is 2.51. The molecule has 2 aromatic rings. The van der Waals surface area contributed by atoms with E-state index < -0.39 is 0 Å². The lowest BCUT2D eigenvalue weighted by Crippen LogP contribution is -1.89. The van der Waals surface area contributed by atoms with E-state index in [1.54, 1.807) is 0 Å². The first kappa shape index (κ1) is 13.9. The Labute approximate surface area is 128 Å². The SMILES string of the molecule is Cc1cc(Cl)ccc1Oc1ccc(CBr)cc1Br. The molecule has 2 rings (SSSR count). The van der Waals surface area contributed by atoms with Gasteiger partial charge in [-0.25, -0.2) is 0 Å². The van der Waals surface area contributed by atoms with Gasteiger partial charge in [0.2, 0.25) is 0 Å². The number of ether oxygens (including phenoxy) is 1. The Balaban J connectivity index is 2.28. The van der Waals surface area contributed by atoms with Gasteiger partial charge in [0.1, 0.15) is 11.5 Å². The van der Waals surface area contributed by atoms with Crippen molar-refractivity contribution in [2.45, 2.75) is 12.3 Å². The zero-order valence-electron chi connectivity index (χ0n) is 9.71. The first-order valence-corrected chi connectivity index (χ1v) is 7.68. The summed E-state index contributed by atoms with van der Waals surface area (Å²) >= 11 is 12.9. The predicted molar refractivity (Wildman–Crippen MR) is 83.0 cm³/mol. The van der Waals surface area contributed by atoms with Crippen LogP contribution >= 0.6 is 43.5 Å². The van der Waals surface area contributed by atoms with Gasteiger partial charge >= 0.3 is 0 Å². The van der Waals surface area contributed by atoms with E-state index in [0.29, 0.717) is 5.02 Å². The molecule has 0 aliphatic heterocycles. The van der Waals surface area contributed by atoms with E-state index in [2.05, 4.69) is 31.9 Å². The maximum Gasteiger partial charge on any atom is 0.141 e. The molecule has 0 fully saturated rings. The second kappa shape index (κ2) is 6.09. The van der Waals surface area contributed by atoms with Crippen LogP contribution in [0.25, 0.3) is 0 Å². The molecule has 0 saturated heterocycles. The summed E-state index contributed by atoms with van der Waals surface area (Å²) in [5, 5.41) is 1.54. The summed E-state index contributed by atoms with van der Waals surface area (Å²) in [6, 6.07) is 11.6. The fraction of sp³-hybridized carbons (Fsp3) is 0.143. The highest BCUT2D eigenvalue weighted by Gasteiger charge is 2.06. The van der Waals surface area contributed by atoms with Crippen LogP contribution in [0.4, 0.5) is 0 Å². The average molecular weight is 391 g/mol. The molecule has 0 radical (unpaired) electrons. The Kier molecular flexibility index (Phi) is 4.71. The average Bonchev–Trinajstić information content (AvgIpc) is 2.34. The molecule has 0 aromatic heterocycles. The molecule has 0 atom stereocenters. The van der Waals surface area contributed by atoms with Crippen molar-refractivity contribution < 1.29 is 4.74 Å². The van der Waals surface area contributed by atoms with Crippen LogP contribution in [0, 0.1) is 6.92 Å². The molecule has 0 unspecified atom stereocenters. The fourth-order valence-corrected chi connectivity index (χ4v) is 2.64. The molecule has 0 aliphatic rings. The quantitative estimate of drug-likeness (QED) is 0.576. The summed E-state index contributed by atoms with van der Waals surface area (Å²) in [7, 11) is 0. The predicted octanol–water partition coefficient (Wildman–Crippen LogP) is 6.10. The van der Waals surface area contributed by atoms with Gasteiger partial charge in [0, 0.05) is 10.4 Å². The summed E-state index contributed by atoms with van der Waals surface area (Å²) in [6.07, 6.45) is 0. The number of hydrogen-bond acceptors (Lipinski definition) is 1. The first-order chi connectivity index (χ1) is 8.60. The van der Waals surface area contributed by atoms with Crippen molar-refractivity contribution in [1.29, 1.82) is 0 Å². The Bertz CT molecular complexity index is 570. The van der Waals surface area contributed by atoms with Gasteiger partial charge in [0.05, 0.1) is 4.47 Å². The minimum Gasteiger partial charge on any atom is -0.456 e. The Morgan fingerprint density at radius 2 is 1.83 bits per heavy atom. The molecule has 18 heavy (non-hydrogen) atoms. The maximum atomic E-state index is 5.92. The third kappa shape index (κ3) is 3.28. The zero-order valence-corrected chi connectivity index (χ0v) is 13.6. The second-order valence-electron chi connectivity index (χ2n) is 3.91. The van der Waals surface area contributed by atoms with Crippen LogP contribution in [0.1, 0.15) is 11.1 Å². The number of halogens is 3. The van der Waals surface area contributed by atoms with Crippen LogP contribution in [0.2, 0.25) is 5.02 Å². The van der Waals surface area contributed by atoms with Gasteiger partial charge in [-0.3, -0.25) is 0 Å². The maximum absolute atomic E-state index is 5.92. The van der Waals surface area contributed by atoms with Gasteiger partial charge in [-0.05, 0) is 64.3 Å². The van der Waals surface area contributed by atoms with Crippen LogP contribution in [-0.4, -0.2) is 0 Å². The largest absolute Gasteiger partial charge is 0.456 e. The molecular formula is C14H11Br2ClO. The van der Waals surface area contributed by atoms with Crippen molar-refractivity contribution in [3.63, 3.8) is 0 Å². The molecule has 0 N–H and O–H groups in total. The summed E-state index contributed by atoms with van der Waals surface area (Å²) in [5.41, 5.74) is 2.21. The lowest BCUT2D eigenvalue weighted by Gasteiger charge is -2.11. The number of alkyl halides is 1. The number of benzene rings is 2. The van der Waals surface area contributed by atoms with Crippen molar-refractivity contribution in [3.8, 4) is 11.5 Å². The van der Waals surface area contributed by atoms with Crippen molar-refractivity contribution in [3.05, 3.63) is 57.0 Å². The van der Waals surface area contributed by atoms with E-state index in [1.807, 2.05) is 43.3 Å². The fourth-order valence-electron chi connectivity index (χ4n) is 1.56. The van der Waals surface area contributed by atoms with Crippen molar-refractivity contribution >= 4 is 43.5 Å². The molecule has 1 nitrogen and oxygen atoms in total. The standard InChI is InChI=1S/C14H11Br2ClO/c1-9-6-11(17)3-5-13(9)18-14-4-2-10(8-15)7-12(14)16/h2-7H,8H2,1H3. The number of aryl methyl sites for hydroxylation is 1. The second-order valence-corrected chi connectivity index (χ2v) is 5.76. The Hall–Kier alpha value is -0.510. The van der Waals surface area contributed by atoms with E-state index in [-0.39, 0.29) is 0 Å². The lowest BCUT2D eigenvalue weighted by molar-refractivity contribution is 0.476. The van der Waals surface area contributed by atoms with Crippen molar-refractivity contribution in [2.75, 3.05) is 0 Å². The Morgan fingerprint density at radius 1 is 1.11 bits per heavy atom. The van der Waals surface area contributed by atoms with E-state index in [4.69, 9.17) is 16.3 Å². The van der Waals surface area contributed by atoms with Crippen LogP contribution < -0.4 is 4.74 Å². The third-order valence-corrected chi connectivity index (χ3v) is 4.01. The molecular weight excluding hydrogens is 379 g/mol. The van der Waals surface area contributed by atoms with Gasteiger partial charge < -0.3 is 4.74 Å². The summed E-state index contributed by atoms with van der Waals surface area (Å²) in [4.78, 5) is 0. The van der Waals surface area contributed by atoms with E-state index in [1.165, 1.54) is 5.56 Å². The first-order valence-electron chi connectivity index (χ1n) is 5.38. The lowest BCUT2D eigenvalue weighted by atomic mass is 10.2. The van der Waals surface area contributed by atoms with Gasteiger partial charge in [0.25, 0.3) is 0 Å². The molecule has 0 bridgehead atoms. The van der Waals surface area contributed by atoms with Gasteiger partial charge in [-0.2, -0.15) is 0 Å². The molecule has 0 heterocycles. The van der Waals surface area contributed by atoms with Crippen LogP contribution in [0.3, 0.4) is 0 Å². The highest BCUT2D eigenvalue weighted by Crippen LogP contribution is 2.33. The smallest absolute Gasteiger partial charge is 0.141 e. The summed E-state index contributed by atoms with van der Waals surface area (Å²) < 4.78 is 6.81. The topological polar surface area (TPSA) is 9.23 Å².